The third-order valence-corrected chi connectivity index (χ3v) is 4.92. The first-order valence-electron chi connectivity index (χ1n) is 9.14. The highest BCUT2D eigenvalue weighted by molar-refractivity contribution is 5.04. The summed E-state index contributed by atoms with van der Waals surface area (Å²) in [6, 6.07) is 0. The van der Waals surface area contributed by atoms with Gasteiger partial charge in [-0.2, -0.15) is 5.10 Å². The van der Waals surface area contributed by atoms with Crippen LogP contribution in [0.4, 0.5) is 0 Å². The molecule has 1 aliphatic heterocycles. The Morgan fingerprint density at radius 3 is 2.62 bits per heavy atom. The van der Waals surface area contributed by atoms with E-state index >= 15 is 0 Å². The van der Waals surface area contributed by atoms with Crippen LogP contribution in [-0.2, 0) is 13.1 Å². The average molecular weight is 331 g/mol. The van der Waals surface area contributed by atoms with Crippen molar-refractivity contribution in [3.8, 4) is 0 Å². The van der Waals surface area contributed by atoms with Crippen molar-refractivity contribution in [2.24, 2.45) is 5.92 Å². The number of nitrogens with zero attached hydrogens (tertiary/aromatic N) is 7. The van der Waals surface area contributed by atoms with Crippen molar-refractivity contribution in [1.82, 2.24) is 34.4 Å². The van der Waals surface area contributed by atoms with E-state index in [1.807, 2.05) is 0 Å². The Balaban J connectivity index is 1.62. The summed E-state index contributed by atoms with van der Waals surface area (Å²) < 4.78 is 4.06. The quantitative estimate of drug-likeness (QED) is 0.778. The van der Waals surface area contributed by atoms with Crippen molar-refractivity contribution in [1.29, 1.82) is 0 Å². The van der Waals surface area contributed by atoms with Gasteiger partial charge < -0.3 is 9.47 Å². The number of hydrogen-bond acceptors (Lipinski definition) is 5. The molecule has 7 heteroatoms. The highest BCUT2D eigenvalue weighted by Crippen LogP contribution is 2.27. The van der Waals surface area contributed by atoms with Gasteiger partial charge in [0.25, 0.3) is 0 Å². The molecular formula is C17H29N7. The number of hydrogen-bond donors (Lipinski definition) is 0. The summed E-state index contributed by atoms with van der Waals surface area (Å²) in [7, 11) is 0. The molecule has 0 atom stereocenters. The van der Waals surface area contributed by atoms with Crippen molar-refractivity contribution in [2.75, 3.05) is 19.6 Å². The number of aromatic nitrogens is 6. The normalized spacial score (nSPS) is 17.0. The van der Waals surface area contributed by atoms with Gasteiger partial charge in [0.1, 0.15) is 25.0 Å². The second kappa shape index (κ2) is 7.88. The Morgan fingerprint density at radius 1 is 1.21 bits per heavy atom. The molecule has 0 radical (unpaired) electrons. The number of piperidine rings is 1. The third kappa shape index (κ3) is 4.01. The maximum atomic E-state index is 4.52. The summed E-state index contributed by atoms with van der Waals surface area (Å²) in [4.78, 5) is 6.59. The average Bonchev–Trinajstić information content (AvgIpc) is 3.23. The van der Waals surface area contributed by atoms with Crippen molar-refractivity contribution in [3.63, 3.8) is 0 Å². The van der Waals surface area contributed by atoms with Crippen LogP contribution in [0.3, 0.4) is 0 Å². The molecule has 7 nitrogen and oxygen atoms in total. The molecule has 0 unspecified atom stereocenters. The molecule has 1 aliphatic rings. The predicted molar refractivity (Wildman–Crippen MR) is 92.7 cm³/mol. The lowest BCUT2D eigenvalue weighted by molar-refractivity contribution is 0.198. The maximum Gasteiger partial charge on any atom is 0.154 e. The van der Waals surface area contributed by atoms with Gasteiger partial charge in [-0.1, -0.05) is 13.8 Å². The van der Waals surface area contributed by atoms with E-state index in [9.17, 15) is 0 Å². The number of rotatable bonds is 7. The summed E-state index contributed by atoms with van der Waals surface area (Å²) in [5.41, 5.74) is 0. The fourth-order valence-electron chi connectivity index (χ4n) is 3.43. The zero-order valence-corrected chi connectivity index (χ0v) is 15.1. The topological polar surface area (TPSA) is 64.7 Å². The van der Waals surface area contributed by atoms with Gasteiger partial charge in [0, 0.05) is 12.5 Å². The molecule has 0 saturated carbocycles. The van der Waals surface area contributed by atoms with E-state index < -0.39 is 0 Å². The van der Waals surface area contributed by atoms with Crippen LogP contribution < -0.4 is 0 Å². The van der Waals surface area contributed by atoms with E-state index in [1.165, 1.54) is 38.9 Å². The lowest BCUT2D eigenvalue weighted by Gasteiger charge is -2.32. The summed E-state index contributed by atoms with van der Waals surface area (Å²) in [6.45, 7) is 11.9. The van der Waals surface area contributed by atoms with E-state index in [2.05, 4.69) is 50.5 Å². The van der Waals surface area contributed by atoms with E-state index in [-0.39, 0.29) is 0 Å². The summed E-state index contributed by atoms with van der Waals surface area (Å²) in [5, 5.41) is 13.1. The van der Waals surface area contributed by atoms with Gasteiger partial charge in [-0.25, -0.2) is 9.67 Å². The summed E-state index contributed by atoms with van der Waals surface area (Å²) in [6.07, 6.45) is 6.93. The standard InChI is InChI=1S/C17H29N7/c1-4-24-16(11-23-13-18-12-19-23)20-21-17(24)15-6-9-22(10-7-15)8-5-14(2)3/h12-15H,4-11H2,1-3H3. The fraction of sp³-hybridized carbons (Fsp3) is 0.765. The number of likely N-dealkylation sites (tertiary alicyclic amines) is 1. The van der Waals surface area contributed by atoms with Crippen LogP contribution in [0.1, 0.15) is 57.6 Å². The van der Waals surface area contributed by atoms with Gasteiger partial charge >= 0.3 is 0 Å². The van der Waals surface area contributed by atoms with Crippen molar-refractivity contribution >= 4 is 0 Å². The summed E-state index contributed by atoms with van der Waals surface area (Å²) >= 11 is 0. The van der Waals surface area contributed by atoms with E-state index in [0.717, 1.165) is 24.1 Å². The van der Waals surface area contributed by atoms with Crippen LogP contribution in [0.5, 0.6) is 0 Å². The molecule has 3 rings (SSSR count). The molecule has 0 N–H and O–H groups in total. The van der Waals surface area contributed by atoms with Crippen LogP contribution >= 0.6 is 0 Å². The monoisotopic (exact) mass is 331 g/mol. The lowest BCUT2D eigenvalue weighted by atomic mass is 9.95. The van der Waals surface area contributed by atoms with Gasteiger partial charge in [-0.15, -0.1) is 10.2 Å². The van der Waals surface area contributed by atoms with E-state index in [1.54, 1.807) is 17.3 Å². The first kappa shape index (κ1) is 17.1. The SMILES string of the molecule is CCn1c(Cn2cncn2)nnc1C1CCN(CCC(C)C)CC1. The van der Waals surface area contributed by atoms with Crippen LogP contribution in [-0.4, -0.2) is 54.1 Å². The third-order valence-electron chi connectivity index (χ3n) is 4.92. The maximum absolute atomic E-state index is 4.52. The Hall–Kier alpha value is -1.76. The minimum Gasteiger partial charge on any atom is -0.313 e. The van der Waals surface area contributed by atoms with Gasteiger partial charge in [0.05, 0.1) is 0 Å². The molecule has 0 spiro atoms. The lowest BCUT2D eigenvalue weighted by Crippen LogP contribution is -2.35. The largest absolute Gasteiger partial charge is 0.313 e. The van der Waals surface area contributed by atoms with Crippen molar-refractivity contribution in [3.05, 3.63) is 24.3 Å². The van der Waals surface area contributed by atoms with Crippen LogP contribution in [0.15, 0.2) is 12.7 Å². The van der Waals surface area contributed by atoms with E-state index in [4.69, 9.17) is 0 Å². The van der Waals surface area contributed by atoms with Crippen LogP contribution in [0.2, 0.25) is 0 Å². The van der Waals surface area contributed by atoms with Gasteiger partial charge in [0.15, 0.2) is 5.82 Å². The molecule has 132 valence electrons. The van der Waals surface area contributed by atoms with Gasteiger partial charge in [-0.05, 0) is 51.7 Å². The minimum absolute atomic E-state index is 0.525. The first-order valence-corrected chi connectivity index (χ1v) is 9.14. The minimum atomic E-state index is 0.525. The highest BCUT2D eigenvalue weighted by Gasteiger charge is 2.25. The smallest absolute Gasteiger partial charge is 0.154 e. The predicted octanol–water partition coefficient (Wildman–Crippen LogP) is 2.16. The molecule has 0 aliphatic carbocycles. The zero-order valence-electron chi connectivity index (χ0n) is 15.1. The molecule has 1 saturated heterocycles. The molecule has 0 aromatic carbocycles. The fourth-order valence-corrected chi connectivity index (χ4v) is 3.43. The highest BCUT2D eigenvalue weighted by atomic mass is 15.4. The second-order valence-corrected chi connectivity index (χ2v) is 7.11. The van der Waals surface area contributed by atoms with Crippen LogP contribution in [0, 0.1) is 5.92 Å². The van der Waals surface area contributed by atoms with E-state index in [0.29, 0.717) is 12.5 Å². The second-order valence-electron chi connectivity index (χ2n) is 7.11. The molecule has 24 heavy (non-hydrogen) atoms. The van der Waals surface area contributed by atoms with Crippen molar-refractivity contribution < 1.29 is 0 Å². The first-order chi connectivity index (χ1) is 11.7. The molecule has 0 amide bonds. The molecule has 1 fully saturated rings. The molecule has 2 aromatic rings. The summed E-state index contributed by atoms with van der Waals surface area (Å²) in [5.74, 6) is 3.43. The zero-order chi connectivity index (χ0) is 16.9. The van der Waals surface area contributed by atoms with Gasteiger partial charge in [0.2, 0.25) is 0 Å². The molecular weight excluding hydrogens is 302 g/mol. The van der Waals surface area contributed by atoms with Gasteiger partial charge in [-0.3, -0.25) is 0 Å². The van der Waals surface area contributed by atoms with Crippen LogP contribution in [0.25, 0.3) is 0 Å². The Kier molecular flexibility index (Phi) is 5.60. The molecule has 3 heterocycles. The van der Waals surface area contributed by atoms with Crippen molar-refractivity contribution in [2.45, 2.75) is 59.0 Å². The Labute approximate surface area is 144 Å². The Morgan fingerprint density at radius 2 is 2.00 bits per heavy atom. The molecule has 2 aromatic heterocycles. The molecule has 0 bridgehead atoms. The Bertz CT molecular complexity index is 609.